The van der Waals surface area contributed by atoms with Gasteiger partial charge in [0.05, 0.1) is 33.0 Å². The molecule has 5 rings (SSSR count). The number of rotatable bonds is 9. The fraction of sp³-hybridized carbons (Fsp3) is 0.242. The number of nitrogens with zero attached hydrogens (tertiary/aromatic N) is 2. The molecule has 228 valence electrons. The highest BCUT2D eigenvalue weighted by atomic mass is 79.9. The molecule has 1 aliphatic heterocycles. The average Bonchev–Trinajstić information content (AvgIpc) is 3.26. The minimum Gasteiger partial charge on any atom is -0.491 e. The Hall–Kier alpha value is -3.37. The number of carbonyl (C=O) groups excluding carboxylic acids is 1. The molecule has 3 aromatic carbocycles. The molecule has 0 spiro atoms. The van der Waals surface area contributed by atoms with E-state index in [1.54, 1.807) is 38.1 Å². The second-order valence-electron chi connectivity index (χ2n) is 10.2. The van der Waals surface area contributed by atoms with Gasteiger partial charge < -0.3 is 14.2 Å². The maximum atomic E-state index is 14.2. The van der Waals surface area contributed by atoms with Crippen molar-refractivity contribution in [1.82, 2.24) is 4.57 Å². The van der Waals surface area contributed by atoms with E-state index in [4.69, 9.17) is 37.4 Å². The minimum absolute atomic E-state index is 0.130. The van der Waals surface area contributed by atoms with Crippen LogP contribution in [0, 0.1) is 0 Å². The predicted octanol–water partition coefficient (Wildman–Crippen LogP) is 7.23. The third-order valence-electron chi connectivity index (χ3n) is 6.69. The van der Waals surface area contributed by atoms with Crippen LogP contribution in [0.3, 0.4) is 0 Å². The van der Waals surface area contributed by atoms with Crippen LogP contribution in [0.1, 0.15) is 50.4 Å². The Balaban J connectivity index is 1.68. The zero-order valence-corrected chi connectivity index (χ0v) is 28.3. The van der Waals surface area contributed by atoms with Gasteiger partial charge in [-0.2, -0.15) is 0 Å². The Morgan fingerprint density at radius 3 is 2.61 bits per heavy atom. The first kappa shape index (κ1) is 32.0. The van der Waals surface area contributed by atoms with E-state index in [9.17, 15) is 9.59 Å². The first-order valence-corrected chi connectivity index (χ1v) is 16.3. The summed E-state index contributed by atoms with van der Waals surface area (Å²) in [7, 11) is 0. The lowest BCUT2D eigenvalue weighted by Gasteiger charge is -2.26. The number of benzene rings is 3. The van der Waals surface area contributed by atoms with Crippen LogP contribution in [0.25, 0.3) is 6.08 Å². The number of thiazole rings is 1. The van der Waals surface area contributed by atoms with E-state index in [-0.39, 0.29) is 30.5 Å². The third kappa shape index (κ3) is 6.81. The molecule has 0 radical (unpaired) electrons. The number of allylic oxidation sites excluding steroid dienone is 1. The fourth-order valence-electron chi connectivity index (χ4n) is 4.92. The molecule has 0 N–H and O–H groups in total. The number of carbonyl (C=O) groups is 1. The van der Waals surface area contributed by atoms with E-state index in [2.05, 4.69) is 20.9 Å². The summed E-state index contributed by atoms with van der Waals surface area (Å²) in [5.74, 6) is 0.535. The number of aromatic nitrogens is 1. The van der Waals surface area contributed by atoms with E-state index in [0.717, 1.165) is 5.56 Å². The number of hydrogen-bond acceptors (Lipinski definition) is 7. The van der Waals surface area contributed by atoms with Crippen LogP contribution in [0.2, 0.25) is 10.0 Å². The van der Waals surface area contributed by atoms with Crippen molar-refractivity contribution in [2.75, 3.05) is 6.61 Å². The quantitative estimate of drug-likeness (QED) is 0.171. The summed E-state index contributed by atoms with van der Waals surface area (Å²) in [4.78, 5) is 32.7. The van der Waals surface area contributed by atoms with E-state index in [1.807, 2.05) is 56.3 Å². The first-order valence-electron chi connectivity index (χ1n) is 13.9. The lowest BCUT2D eigenvalue weighted by molar-refractivity contribution is -0.139. The summed E-state index contributed by atoms with van der Waals surface area (Å²) in [5.41, 5.74) is 2.55. The van der Waals surface area contributed by atoms with Crippen molar-refractivity contribution >= 4 is 62.5 Å². The Bertz CT molecular complexity index is 1950. The number of esters is 1. The molecule has 0 unspecified atom stereocenters. The summed E-state index contributed by atoms with van der Waals surface area (Å²) < 4.78 is 20.3. The minimum atomic E-state index is -0.813. The average molecular weight is 716 g/mol. The molecule has 1 aromatic heterocycles. The predicted molar refractivity (Wildman–Crippen MR) is 178 cm³/mol. The summed E-state index contributed by atoms with van der Waals surface area (Å²) in [6.45, 7) is 7.76. The van der Waals surface area contributed by atoms with Crippen molar-refractivity contribution in [2.45, 2.75) is 46.4 Å². The normalized spacial score (nSPS) is 14.8. The molecular formula is C33H29BrCl2N2O5S. The summed E-state index contributed by atoms with van der Waals surface area (Å²) in [6.07, 6.45) is 1.60. The van der Waals surface area contributed by atoms with Gasteiger partial charge in [0, 0.05) is 21.2 Å². The van der Waals surface area contributed by atoms with Gasteiger partial charge in [0.25, 0.3) is 5.56 Å². The van der Waals surface area contributed by atoms with Gasteiger partial charge in [-0.25, -0.2) is 9.79 Å². The van der Waals surface area contributed by atoms with E-state index in [1.165, 1.54) is 15.9 Å². The van der Waals surface area contributed by atoms with Crippen molar-refractivity contribution in [3.63, 3.8) is 0 Å². The lowest BCUT2D eigenvalue weighted by Crippen LogP contribution is -2.40. The second kappa shape index (κ2) is 13.7. The van der Waals surface area contributed by atoms with Gasteiger partial charge in [-0.3, -0.25) is 9.36 Å². The Kier molecular flexibility index (Phi) is 10.00. The van der Waals surface area contributed by atoms with Crippen LogP contribution in [0.15, 0.2) is 86.2 Å². The Morgan fingerprint density at radius 2 is 1.89 bits per heavy atom. The number of fused-ring (bicyclic) bond motifs is 1. The zero-order valence-electron chi connectivity index (χ0n) is 24.4. The van der Waals surface area contributed by atoms with Crippen LogP contribution in [-0.4, -0.2) is 23.2 Å². The third-order valence-corrected chi connectivity index (χ3v) is 8.71. The molecule has 7 nitrogen and oxygen atoms in total. The van der Waals surface area contributed by atoms with E-state index >= 15 is 0 Å². The molecule has 0 saturated carbocycles. The molecular weight excluding hydrogens is 687 g/mol. The van der Waals surface area contributed by atoms with Crippen molar-refractivity contribution in [1.29, 1.82) is 0 Å². The first-order chi connectivity index (χ1) is 21.1. The molecule has 1 aliphatic rings. The monoisotopic (exact) mass is 714 g/mol. The van der Waals surface area contributed by atoms with Crippen LogP contribution in [0.4, 0.5) is 0 Å². The number of para-hydroxylation sites is 1. The smallest absolute Gasteiger partial charge is 0.338 e. The Labute approximate surface area is 277 Å². The standard InChI is InChI=1S/C33H29BrCl2N2O5S/c1-5-41-32(40)28-19(4)37-33-38(29(28)24-11-6-7-12-26(24)43-18(2)3)31(39)27(44-33)15-21-14-23(36)16-25(34)30(21)42-17-20-9-8-10-22(35)13-20/h6-16,18,29H,5,17H2,1-4H3/b27-15-/t29-/m1/s1. The second-order valence-corrected chi connectivity index (χ2v) is 13.0. The van der Waals surface area contributed by atoms with Crippen molar-refractivity contribution in [2.24, 2.45) is 4.99 Å². The highest BCUT2D eigenvalue weighted by Gasteiger charge is 2.35. The molecule has 0 amide bonds. The molecule has 44 heavy (non-hydrogen) atoms. The molecule has 11 heteroatoms. The van der Waals surface area contributed by atoms with Gasteiger partial charge in [0.2, 0.25) is 0 Å². The SMILES string of the molecule is CCOC(=O)C1=C(C)N=c2s/c(=C\c3cc(Cl)cc(Br)c3OCc3cccc(Cl)c3)c(=O)n2[C@@H]1c1ccccc1OC(C)C. The van der Waals surface area contributed by atoms with Gasteiger partial charge >= 0.3 is 5.97 Å². The molecule has 0 aliphatic carbocycles. The number of hydrogen-bond donors (Lipinski definition) is 0. The fourth-order valence-corrected chi connectivity index (χ4v) is 7.12. The molecule has 0 bridgehead atoms. The molecule has 0 saturated heterocycles. The molecule has 0 fully saturated rings. The summed E-state index contributed by atoms with van der Waals surface area (Å²) in [6, 6.07) is 17.4. The molecule has 1 atom stereocenters. The van der Waals surface area contributed by atoms with Crippen molar-refractivity contribution in [3.05, 3.63) is 123 Å². The maximum absolute atomic E-state index is 14.2. The topological polar surface area (TPSA) is 79.1 Å². The van der Waals surface area contributed by atoms with E-state index < -0.39 is 12.0 Å². The largest absolute Gasteiger partial charge is 0.491 e. The molecule has 4 aromatic rings. The van der Waals surface area contributed by atoms with Crippen LogP contribution in [-0.2, 0) is 16.1 Å². The number of halogens is 3. The maximum Gasteiger partial charge on any atom is 0.338 e. The lowest BCUT2D eigenvalue weighted by atomic mass is 9.95. The highest BCUT2D eigenvalue weighted by Crippen LogP contribution is 2.37. The Morgan fingerprint density at radius 1 is 1.11 bits per heavy atom. The zero-order chi connectivity index (χ0) is 31.5. The van der Waals surface area contributed by atoms with E-state index in [0.29, 0.717) is 52.2 Å². The molecule has 2 heterocycles. The summed E-state index contributed by atoms with van der Waals surface area (Å²) >= 11 is 17.4. The van der Waals surface area contributed by atoms with Gasteiger partial charge in [-0.15, -0.1) is 0 Å². The van der Waals surface area contributed by atoms with Gasteiger partial charge in [0.15, 0.2) is 4.80 Å². The highest BCUT2D eigenvalue weighted by molar-refractivity contribution is 9.10. The van der Waals surface area contributed by atoms with Crippen LogP contribution in [0.5, 0.6) is 11.5 Å². The van der Waals surface area contributed by atoms with Gasteiger partial charge in [0.1, 0.15) is 24.1 Å². The van der Waals surface area contributed by atoms with Crippen molar-refractivity contribution in [3.8, 4) is 11.5 Å². The summed E-state index contributed by atoms with van der Waals surface area (Å²) in [5, 5.41) is 1.07. The number of ether oxygens (including phenoxy) is 3. The van der Waals surface area contributed by atoms with Crippen LogP contribution >= 0.6 is 50.5 Å². The van der Waals surface area contributed by atoms with Crippen molar-refractivity contribution < 1.29 is 19.0 Å². The van der Waals surface area contributed by atoms with Gasteiger partial charge in [-0.05, 0) is 85.6 Å². The van der Waals surface area contributed by atoms with Crippen LogP contribution < -0.4 is 24.4 Å². The van der Waals surface area contributed by atoms with Gasteiger partial charge in [-0.1, -0.05) is 64.9 Å².